The molecule has 4 nitrogen and oxygen atoms in total. The average Bonchev–Trinajstić information content (AvgIpc) is 2.62. The first kappa shape index (κ1) is 14.4. The summed E-state index contributed by atoms with van der Waals surface area (Å²) < 4.78 is 18.7. The minimum atomic E-state index is -0.373. The Labute approximate surface area is 137 Å². The molecule has 2 aromatic carbocycles. The van der Waals surface area contributed by atoms with Gasteiger partial charge in [-0.2, -0.15) is 0 Å². The van der Waals surface area contributed by atoms with Crippen LogP contribution in [0.25, 0.3) is 11.1 Å². The SMILES string of the molecule is O=C(Nc1ccc2c(c1)OCc1cnccc1-2)c1ccc(F)cc1. The molecular formula is C19H13FN2O2. The quantitative estimate of drug-likeness (QED) is 0.775. The highest BCUT2D eigenvalue weighted by molar-refractivity contribution is 6.04. The summed E-state index contributed by atoms with van der Waals surface area (Å²) in [4.78, 5) is 16.3. The zero-order chi connectivity index (χ0) is 16.5. The molecular weight excluding hydrogens is 307 g/mol. The van der Waals surface area contributed by atoms with Gasteiger partial charge in [-0.1, -0.05) is 0 Å². The Morgan fingerprint density at radius 2 is 1.92 bits per heavy atom. The second kappa shape index (κ2) is 5.77. The van der Waals surface area contributed by atoms with Crippen LogP contribution in [0.3, 0.4) is 0 Å². The minimum absolute atomic E-state index is 0.296. The van der Waals surface area contributed by atoms with Crippen molar-refractivity contribution in [3.05, 3.63) is 77.9 Å². The van der Waals surface area contributed by atoms with E-state index in [1.54, 1.807) is 18.5 Å². The van der Waals surface area contributed by atoms with E-state index in [1.807, 2.05) is 18.2 Å². The van der Waals surface area contributed by atoms with Crippen LogP contribution < -0.4 is 10.1 Å². The lowest BCUT2D eigenvalue weighted by Gasteiger charge is -2.21. The standard InChI is InChI=1S/C19H13FN2O2/c20-14-3-1-12(2-4-14)19(23)22-15-5-6-17-16-7-8-21-10-13(16)11-24-18(17)9-15/h1-10H,11H2,(H,22,23). The van der Waals surface area contributed by atoms with Crippen LogP contribution in [0.1, 0.15) is 15.9 Å². The Balaban J connectivity index is 1.61. The van der Waals surface area contributed by atoms with E-state index in [4.69, 9.17) is 4.74 Å². The van der Waals surface area contributed by atoms with Gasteiger partial charge < -0.3 is 10.1 Å². The van der Waals surface area contributed by atoms with Crippen molar-refractivity contribution in [1.82, 2.24) is 4.98 Å². The number of benzene rings is 2. The molecule has 1 amide bonds. The monoisotopic (exact) mass is 320 g/mol. The molecule has 4 rings (SSSR count). The van der Waals surface area contributed by atoms with E-state index in [0.29, 0.717) is 23.6 Å². The number of carbonyl (C=O) groups excluding carboxylic acids is 1. The van der Waals surface area contributed by atoms with Crippen LogP contribution in [-0.2, 0) is 6.61 Å². The summed E-state index contributed by atoms with van der Waals surface area (Å²) in [6.45, 7) is 0.450. The second-order valence-electron chi connectivity index (χ2n) is 5.49. The lowest BCUT2D eigenvalue weighted by Crippen LogP contribution is -2.12. The average molecular weight is 320 g/mol. The number of halogens is 1. The van der Waals surface area contributed by atoms with Crippen LogP contribution in [0, 0.1) is 5.82 Å². The van der Waals surface area contributed by atoms with E-state index < -0.39 is 0 Å². The highest BCUT2D eigenvalue weighted by Crippen LogP contribution is 2.38. The van der Waals surface area contributed by atoms with Crippen molar-refractivity contribution in [3.63, 3.8) is 0 Å². The van der Waals surface area contributed by atoms with Gasteiger partial charge >= 0.3 is 0 Å². The van der Waals surface area contributed by atoms with Gasteiger partial charge in [0.05, 0.1) is 0 Å². The summed E-state index contributed by atoms with van der Waals surface area (Å²) in [5.41, 5.74) is 4.11. The number of hydrogen-bond donors (Lipinski definition) is 1. The molecule has 0 saturated carbocycles. The normalized spacial score (nSPS) is 11.9. The highest BCUT2D eigenvalue weighted by atomic mass is 19.1. The molecule has 1 aliphatic rings. The first-order valence-electron chi connectivity index (χ1n) is 7.48. The number of hydrogen-bond acceptors (Lipinski definition) is 3. The second-order valence-corrected chi connectivity index (χ2v) is 5.49. The molecule has 1 aliphatic heterocycles. The van der Waals surface area contributed by atoms with Gasteiger partial charge in [-0.3, -0.25) is 9.78 Å². The maximum Gasteiger partial charge on any atom is 0.255 e. The molecule has 1 aromatic heterocycles. The summed E-state index contributed by atoms with van der Waals surface area (Å²) in [7, 11) is 0. The van der Waals surface area contributed by atoms with Crippen LogP contribution in [0.4, 0.5) is 10.1 Å². The van der Waals surface area contributed by atoms with Gasteiger partial charge in [-0.05, 0) is 48.0 Å². The van der Waals surface area contributed by atoms with Gasteiger partial charge in [0, 0.05) is 40.8 Å². The third kappa shape index (κ3) is 2.60. The van der Waals surface area contributed by atoms with Crippen molar-refractivity contribution in [1.29, 1.82) is 0 Å². The number of fused-ring (bicyclic) bond motifs is 3. The van der Waals surface area contributed by atoms with Crippen LogP contribution in [-0.4, -0.2) is 10.9 Å². The number of pyridine rings is 1. The topological polar surface area (TPSA) is 51.2 Å². The highest BCUT2D eigenvalue weighted by Gasteiger charge is 2.18. The van der Waals surface area contributed by atoms with E-state index in [2.05, 4.69) is 10.3 Å². The Hall–Kier alpha value is -3.21. The number of carbonyl (C=O) groups is 1. The number of nitrogens with one attached hydrogen (secondary N) is 1. The zero-order valence-corrected chi connectivity index (χ0v) is 12.6. The first-order valence-corrected chi connectivity index (χ1v) is 7.48. The molecule has 0 bridgehead atoms. The van der Waals surface area contributed by atoms with Crippen molar-refractivity contribution in [2.24, 2.45) is 0 Å². The summed E-state index contributed by atoms with van der Waals surface area (Å²) in [5, 5.41) is 2.80. The van der Waals surface area contributed by atoms with Crippen LogP contribution in [0.5, 0.6) is 5.75 Å². The van der Waals surface area contributed by atoms with Gasteiger partial charge in [-0.15, -0.1) is 0 Å². The zero-order valence-electron chi connectivity index (χ0n) is 12.6. The van der Waals surface area contributed by atoms with Gasteiger partial charge in [0.15, 0.2) is 0 Å². The molecule has 5 heteroatoms. The van der Waals surface area contributed by atoms with E-state index >= 15 is 0 Å². The molecule has 0 aliphatic carbocycles. The molecule has 1 N–H and O–H groups in total. The van der Waals surface area contributed by atoms with E-state index in [-0.39, 0.29) is 11.7 Å². The number of aromatic nitrogens is 1. The van der Waals surface area contributed by atoms with Gasteiger partial charge in [0.1, 0.15) is 18.2 Å². The van der Waals surface area contributed by atoms with Crippen LogP contribution in [0.15, 0.2) is 60.9 Å². The molecule has 118 valence electrons. The lowest BCUT2D eigenvalue weighted by molar-refractivity contribution is 0.102. The van der Waals surface area contributed by atoms with Crippen molar-refractivity contribution in [2.75, 3.05) is 5.32 Å². The fraction of sp³-hybridized carbons (Fsp3) is 0.0526. The van der Waals surface area contributed by atoms with Gasteiger partial charge in [-0.25, -0.2) is 4.39 Å². The lowest BCUT2D eigenvalue weighted by atomic mass is 9.98. The maximum absolute atomic E-state index is 12.9. The summed E-state index contributed by atoms with van der Waals surface area (Å²) in [6.07, 6.45) is 3.54. The number of ether oxygens (including phenoxy) is 1. The summed E-state index contributed by atoms with van der Waals surface area (Å²) in [5.74, 6) is 0.0443. The molecule has 0 unspecified atom stereocenters. The predicted octanol–water partition coefficient (Wildman–Crippen LogP) is 4.03. The minimum Gasteiger partial charge on any atom is -0.488 e. The fourth-order valence-corrected chi connectivity index (χ4v) is 2.71. The van der Waals surface area contributed by atoms with Crippen LogP contribution >= 0.6 is 0 Å². The Morgan fingerprint density at radius 3 is 2.75 bits per heavy atom. The van der Waals surface area contributed by atoms with Crippen LogP contribution in [0.2, 0.25) is 0 Å². The van der Waals surface area contributed by atoms with Gasteiger partial charge in [0.25, 0.3) is 5.91 Å². The molecule has 0 radical (unpaired) electrons. The van der Waals surface area contributed by atoms with Crippen molar-refractivity contribution in [3.8, 4) is 16.9 Å². The Morgan fingerprint density at radius 1 is 1.08 bits per heavy atom. The molecule has 0 atom stereocenters. The predicted molar refractivity (Wildman–Crippen MR) is 88.4 cm³/mol. The first-order chi connectivity index (χ1) is 11.7. The number of anilines is 1. The smallest absolute Gasteiger partial charge is 0.255 e. The molecule has 2 heterocycles. The van der Waals surface area contributed by atoms with Crippen molar-refractivity contribution < 1.29 is 13.9 Å². The van der Waals surface area contributed by atoms with E-state index in [9.17, 15) is 9.18 Å². The fourth-order valence-electron chi connectivity index (χ4n) is 2.71. The van der Waals surface area contributed by atoms with E-state index in [0.717, 1.165) is 16.7 Å². The number of nitrogens with zero attached hydrogens (tertiary/aromatic N) is 1. The molecule has 0 spiro atoms. The number of amides is 1. The largest absolute Gasteiger partial charge is 0.488 e. The summed E-state index contributed by atoms with van der Waals surface area (Å²) >= 11 is 0. The van der Waals surface area contributed by atoms with E-state index in [1.165, 1.54) is 24.3 Å². The maximum atomic E-state index is 12.9. The van der Waals surface area contributed by atoms with Crippen molar-refractivity contribution >= 4 is 11.6 Å². The molecule has 3 aromatic rings. The van der Waals surface area contributed by atoms with Crippen molar-refractivity contribution in [2.45, 2.75) is 6.61 Å². The molecule has 0 fully saturated rings. The summed E-state index contributed by atoms with van der Waals surface area (Å²) in [6, 6.07) is 12.9. The Bertz CT molecular complexity index is 923. The third-order valence-electron chi connectivity index (χ3n) is 3.92. The number of rotatable bonds is 2. The van der Waals surface area contributed by atoms with Gasteiger partial charge in [0.2, 0.25) is 0 Å². The Kier molecular flexibility index (Phi) is 3.46. The molecule has 0 saturated heterocycles. The third-order valence-corrected chi connectivity index (χ3v) is 3.92. The molecule has 24 heavy (non-hydrogen) atoms.